The number of unbranched alkanes of at least 4 members (excludes halogenated alkanes) is 1. The van der Waals surface area contributed by atoms with Crippen molar-refractivity contribution in [2.45, 2.75) is 38.6 Å². The average Bonchev–Trinajstić information content (AvgIpc) is 2.72. The SMILES string of the molecule is CCCCC(N)C(=O)NCCc1nncn1C. The second kappa shape index (κ2) is 7.01. The zero-order chi connectivity index (χ0) is 12.7. The topological polar surface area (TPSA) is 85.8 Å². The molecule has 6 nitrogen and oxygen atoms in total. The molecular weight excluding hydrogens is 218 g/mol. The van der Waals surface area contributed by atoms with Crippen molar-refractivity contribution in [3.05, 3.63) is 12.2 Å². The van der Waals surface area contributed by atoms with Crippen molar-refractivity contribution in [3.63, 3.8) is 0 Å². The first-order valence-corrected chi connectivity index (χ1v) is 6.01. The smallest absolute Gasteiger partial charge is 0.236 e. The molecule has 0 fully saturated rings. The van der Waals surface area contributed by atoms with Crippen LogP contribution in [0.2, 0.25) is 0 Å². The number of nitrogens with two attached hydrogens (primary N) is 1. The van der Waals surface area contributed by atoms with E-state index in [9.17, 15) is 4.79 Å². The van der Waals surface area contributed by atoms with E-state index in [-0.39, 0.29) is 5.91 Å². The summed E-state index contributed by atoms with van der Waals surface area (Å²) in [4.78, 5) is 11.6. The maximum Gasteiger partial charge on any atom is 0.236 e. The van der Waals surface area contributed by atoms with Gasteiger partial charge in [-0.1, -0.05) is 19.8 Å². The van der Waals surface area contributed by atoms with Crippen LogP contribution in [0.1, 0.15) is 32.0 Å². The number of nitrogens with one attached hydrogen (secondary N) is 1. The molecule has 1 aromatic rings. The van der Waals surface area contributed by atoms with Crippen LogP contribution < -0.4 is 11.1 Å². The van der Waals surface area contributed by atoms with Crippen molar-refractivity contribution in [2.75, 3.05) is 6.54 Å². The van der Waals surface area contributed by atoms with Crippen LogP contribution in [0.4, 0.5) is 0 Å². The van der Waals surface area contributed by atoms with Crippen LogP contribution in [-0.4, -0.2) is 33.3 Å². The number of amides is 1. The number of aromatic nitrogens is 3. The number of rotatable bonds is 7. The summed E-state index contributed by atoms with van der Waals surface area (Å²) >= 11 is 0. The summed E-state index contributed by atoms with van der Waals surface area (Å²) in [5, 5.41) is 10.5. The van der Waals surface area contributed by atoms with E-state index in [0.29, 0.717) is 13.0 Å². The summed E-state index contributed by atoms with van der Waals surface area (Å²) in [5.41, 5.74) is 5.75. The number of hydrogen-bond acceptors (Lipinski definition) is 4. The molecule has 0 radical (unpaired) electrons. The van der Waals surface area contributed by atoms with Gasteiger partial charge in [0.05, 0.1) is 6.04 Å². The van der Waals surface area contributed by atoms with Crippen molar-refractivity contribution in [1.29, 1.82) is 0 Å². The minimum absolute atomic E-state index is 0.0828. The molecule has 6 heteroatoms. The van der Waals surface area contributed by atoms with E-state index in [1.807, 2.05) is 11.6 Å². The molecule has 1 aromatic heterocycles. The van der Waals surface area contributed by atoms with E-state index in [1.165, 1.54) is 0 Å². The van der Waals surface area contributed by atoms with E-state index in [2.05, 4.69) is 22.4 Å². The second-order valence-corrected chi connectivity index (χ2v) is 4.15. The first kappa shape index (κ1) is 13.6. The van der Waals surface area contributed by atoms with E-state index >= 15 is 0 Å². The number of carbonyl (C=O) groups excluding carboxylic acids is 1. The average molecular weight is 239 g/mol. The number of hydrogen-bond donors (Lipinski definition) is 2. The Morgan fingerprint density at radius 3 is 3.00 bits per heavy atom. The van der Waals surface area contributed by atoms with E-state index in [1.54, 1.807) is 6.33 Å². The van der Waals surface area contributed by atoms with Crippen LogP contribution in [0.3, 0.4) is 0 Å². The molecule has 1 amide bonds. The maximum atomic E-state index is 11.6. The second-order valence-electron chi connectivity index (χ2n) is 4.15. The summed E-state index contributed by atoms with van der Waals surface area (Å²) in [7, 11) is 1.88. The van der Waals surface area contributed by atoms with Gasteiger partial charge >= 0.3 is 0 Å². The minimum atomic E-state index is -0.394. The highest BCUT2D eigenvalue weighted by Crippen LogP contribution is 1.98. The molecule has 1 unspecified atom stereocenters. The lowest BCUT2D eigenvalue weighted by atomic mass is 10.1. The maximum absolute atomic E-state index is 11.6. The molecule has 1 rings (SSSR count). The van der Waals surface area contributed by atoms with Crippen molar-refractivity contribution >= 4 is 5.91 Å². The molecular formula is C11H21N5O. The number of carbonyl (C=O) groups is 1. The Balaban J connectivity index is 2.22. The molecule has 3 N–H and O–H groups in total. The third-order valence-electron chi connectivity index (χ3n) is 2.66. The Kier molecular flexibility index (Phi) is 5.62. The van der Waals surface area contributed by atoms with Crippen LogP contribution >= 0.6 is 0 Å². The van der Waals surface area contributed by atoms with Crippen LogP contribution in [0.5, 0.6) is 0 Å². The molecule has 0 aromatic carbocycles. The highest BCUT2D eigenvalue weighted by Gasteiger charge is 2.12. The van der Waals surface area contributed by atoms with Crippen molar-refractivity contribution < 1.29 is 4.79 Å². The molecule has 0 bridgehead atoms. The van der Waals surface area contributed by atoms with E-state index in [0.717, 1.165) is 25.1 Å². The number of aryl methyl sites for hydroxylation is 1. The summed E-state index contributed by atoms with van der Waals surface area (Å²) < 4.78 is 1.84. The fraction of sp³-hybridized carbons (Fsp3) is 0.727. The molecule has 1 heterocycles. The zero-order valence-electron chi connectivity index (χ0n) is 10.5. The standard InChI is InChI=1S/C11H21N5O/c1-3-4-5-9(12)11(17)13-7-6-10-15-14-8-16(10)2/h8-9H,3-7,12H2,1-2H3,(H,13,17). The molecule has 17 heavy (non-hydrogen) atoms. The van der Waals surface area contributed by atoms with Crippen molar-refractivity contribution in [1.82, 2.24) is 20.1 Å². The predicted molar refractivity (Wildman–Crippen MR) is 65.2 cm³/mol. The summed E-state index contributed by atoms with van der Waals surface area (Å²) in [5.74, 6) is 0.771. The lowest BCUT2D eigenvalue weighted by Gasteiger charge is -2.11. The monoisotopic (exact) mass is 239 g/mol. The zero-order valence-corrected chi connectivity index (χ0v) is 10.5. The predicted octanol–water partition coefficient (Wildman–Crippen LogP) is -0.00870. The van der Waals surface area contributed by atoms with Gasteiger partial charge in [-0.2, -0.15) is 0 Å². The van der Waals surface area contributed by atoms with Crippen LogP contribution in [0.15, 0.2) is 6.33 Å². The molecule has 0 saturated heterocycles. The number of nitrogens with zero attached hydrogens (tertiary/aromatic N) is 3. The molecule has 0 aliphatic heterocycles. The van der Waals surface area contributed by atoms with Gasteiger partial charge in [0.2, 0.25) is 5.91 Å². The van der Waals surface area contributed by atoms with Gasteiger partial charge in [0.25, 0.3) is 0 Å². The molecule has 96 valence electrons. The van der Waals surface area contributed by atoms with Gasteiger partial charge < -0.3 is 15.6 Å². The fourth-order valence-corrected chi connectivity index (χ4v) is 1.52. The minimum Gasteiger partial charge on any atom is -0.354 e. The third-order valence-corrected chi connectivity index (χ3v) is 2.66. The van der Waals surface area contributed by atoms with Gasteiger partial charge in [-0.15, -0.1) is 10.2 Å². The Hall–Kier alpha value is -1.43. The van der Waals surface area contributed by atoms with E-state index in [4.69, 9.17) is 5.73 Å². The van der Waals surface area contributed by atoms with Crippen LogP contribution in [-0.2, 0) is 18.3 Å². The van der Waals surface area contributed by atoms with Crippen molar-refractivity contribution in [3.8, 4) is 0 Å². The Labute approximate surface area is 102 Å². The van der Waals surface area contributed by atoms with Gasteiger partial charge in [0, 0.05) is 20.0 Å². The van der Waals surface area contributed by atoms with Gasteiger partial charge in [0.1, 0.15) is 12.2 Å². The van der Waals surface area contributed by atoms with Gasteiger partial charge in [0.15, 0.2) is 0 Å². The van der Waals surface area contributed by atoms with Crippen LogP contribution in [0.25, 0.3) is 0 Å². The Bertz CT molecular complexity index is 349. The quantitative estimate of drug-likeness (QED) is 0.701. The normalized spacial score (nSPS) is 12.4. The molecule has 0 spiro atoms. The Morgan fingerprint density at radius 2 is 2.41 bits per heavy atom. The van der Waals surface area contributed by atoms with Gasteiger partial charge in [-0.05, 0) is 6.42 Å². The first-order chi connectivity index (χ1) is 8.15. The lowest BCUT2D eigenvalue weighted by Crippen LogP contribution is -2.41. The summed E-state index contributed by atoms with van der Waals surface area (Å²) in [6.07, 6.45) is 5.09. The first-order valence-electron chi connectivity index (χ1n) is 6.01. The summed E-state index contributed by atoms with van der Waals surface area (Å²) in [6, 6.07) is -0.394. The molecule has 0 aliphatic carbocycles. The van der Waals surface area contributed by atoms with E-state index < -0.39 is 6.04 Å². The molecule has 0 aliphatic rings. The Morgan fingerprint density at radius 1 is 1.65 bits per heavy atom. The molecule has 1 atom stereocenters. The largest absolute Gasteiger partial charge is 0.354 e. The highest BCUT2D eigenvalue weighted by atomic mass is 16.2. The fourth-order valence-electron chi connectivity index (χ4n) is 1.52. The summed E-state index contributed by atoms with van der Waals surface area (Å²) in [6.45, 7) is 2.63. The van der Waals surface area contributed by atoms with Crippen LogP contribution in [0, 0.1) is 0 Å². The van der Waals surface area contributed by atoms with Gasteiger partial charge in [-0.25, -0.2) is 0 Å². The lowest BCUT2D eigenvalue weighted by molar-refractivity contribution is -0.122. The molecule has 0 saturated carbocycles. The van der Waals surface area contributed by atoms with Crippen molar-refractivity contribution in [2.24, 2.45) is 12.8 Å². The van der Waals surface area contributed by atoms with Gasteiger partial charge in [-0.3, -0.25) is 4.79 Å². The third kappa shape index (κ3) is 4.52. The highest BCUT2D eigenvalue weighted by molar-refractivity contribution is 5.81.